The van der Waals surface area contributed by atoms with Gasteiger partial charge in [0.15, 0.2) is 0 Å². The van der Waals surface area contributed by atoms with Crippen LogP contribution >= 0.6 is 12.4 Å². The molecular formula is C18H29ClN4O4S. The summed E-state index contributed by atoms with van der Waals surface area (Å²) in [6.45, 7) is 3.22. The smallest absolute Gasteiger partial charge is 0.253 e. The number of hydrogen-bond acceptors (Lipinski definition) is 6. The lowest BCUT2D eigenvalue weighted by Gasteiger charge is -2.23. The predicted octanol–water partition coefficient (Wildman–Crippen LogP) is 0.269. The van der Waals surface area contributed by atoms with Gasteiger partial charge < -0.3 is 20.6 Å². The van der Waals surface area contributed by atoms with Crippen LogP contribution in [0.4, 0.5) is 5.69 Å². The summed E-state index contributed by atoms with van der Waals surface area (Å²) >= 11 is 0. The quantitative estimate of drug-likeness (QED) is 0.596. The third kappa shape index (κ3) is 4.77. The maximum absolute atomic E-state index is 12.9. The molecule has 2 aliphatic rings. The number of benzene rings is 1. The number of aliphatic hydroxyl groups is 1. The lowest BCUT2D eigenvalue weighted by Crippen LogP contribution is -2.35. The van der Waals surface area contributed by atoms with Crippen molar-refractivity contribution in [1.29, 1.82) is 0 Å². The minimum Gasteiger partial charge on any atom is -0.391 e. The summed E-state index contributed by atoms with van der Waals surface area (Å²) in [7, 11) is -0.687. The third-order valence-corrected chi connectivity index (χ3v) is 7.08. The van der Waals surface area contributed by atoms with E-state index >= 15 is 0 Å². The van der Waals surface area contributed by atoms with E-state index in [9.17, 15) is 18.3 Å². The van der Waals surface area contributed by atoms with E-state index in [0.29, 0.717) is 25.2 Å². The number of anilines is 1. The van der Waals surface area contributed by atoms with Gasteiger partial charge in [-0.25, -0.2) is 12.7 Å². The normalized spacial score (nSPS) is 22.4. The molecule has 2 saturated heterocycles. The average molecular weight is 433 g/mol. The standard InChI is InChI=1S/C18H28N4O4S.ClH/c1-21(2)27(25,26)14-5-6-16(22-7-3-4-8-22)15(9-14)18(24)20-11-13-10-19-12-17(13)23;/h5-6,9,13,17,19,23H,3-4,7-8,10-12H2,1-2H3,(H,20,24);1H. The summed E-state index contributed by atoms with van der Waals surface area (Å²) < 4.78 is 26.1. The second-order valence-electron chi connectivity index (χ2n) is 7.36. The summed E-state index contributed by atoms with van der Waals surface area (Å²) in [6.07, 6.45) is 1.63. The molecule has 1 aromatic carbocycles. The van der Waals surface area contributed by atoms with E-state index in [4.69, 9.17) is 0 Å². The minimum atomic E-state index is -3.63. The maximum Gasteiger partial charge on any atom is 0.253 e. The predicted molar refractivity (Wildman–Crippen MR) is 111 cm³/mol. The Morgan fingerprint density at radius 3 is 2.54 bits per heavy atom. The molecule has 0 bridgehead atoms. The molecule has 0 radical (unpaired) electrons. The molecule has 3 N–H and O–H groups in total. The topological polar surface area (TPSA) is 102 Å². The first-order chi connectivity index (χ1) is 12.8. The van der Waals surface area contributed by atoms with Crippen molar-refractivity contribution in [3.05, 3.63) is 23.8 Å². The van der Waals surface area contributed by atoms with Crippen molar-refractivity contribution >= 4 is 34.0 Å². The van der Waals surface area contributed by atoms with Crippen LogP contribution in [0.1, 0.15) is 23.2 Å². The Balaban J connectivity index is 0.00000280. The van der Waals surface area contributed by atoms with Gasteiger partial charge in [0.2, 0.25) is 10.0 Å². The summed E-state index contributed by atoms with van der Waals surface area (Å²) in [5, 5.41) is 15.9. The molecule has 3 rings (SSSR count). The summed E-state index contributed by atoms with van der Waals surface area (Å²) in [5.74, 6) is -0.357. The first-order valence-corrected chi connectivity index (χ1v) is 10.7. The molecule has 2 unspecified atom stereocenters. The van der Waals surface area contributed by atoms with E-state index in [1.807, 2.05) is 0 Å². The Morgan fingerprint density at radius 2 is 1.96 bits per heavy atom. The molecule has 28 heavy (non-hydrogen) atoms. The largest absolute Gasteiger partial charge is 0.391 e. The van der Waals surface area contributed by atoms with E-state index in [2.05, 4.69) is 15.5 Å². The highest BCUT2D eigenvalue weighted by atomic mass is 35.5. The summed E-state index contributed by atoms with van der Waals surface area (Å²) in [6, 6.07) is 4.74. The number of rotatable bonds is 6. The number of hydrogen-bond donors (Lipinski definition) is 3. The summed E-state index contributed by atoms with van der Waals surface area (Å²) in [5.41, 5.74) is 1.12. The second-order valence-corrected chi connectivity index (χ2v) is 9.51. The molecule has 0 aromatic heterocycles. The lowest BCUT2D eigenvalue weighted by atomic mass is 10.1. The highest BCUT2D eigenvalue weighted by molar-refractivity contribution is 7.89. The number of nitrogens with one attached hydrogen (secondary N) is 2. The average Bonchev–Trinajstić information content (AvgIpc) is 3.30. The molecule has 2 atom stereocenters. The first-order valence-electron chi connectivity index (χ1n) is 9.29. The Labute approximate surface area is 172 Å². The first kappa shape index (κ1) is 22.9. The highest BCUT2D eigenvalue weighted by Crippen LogP contribution is 2.28. The highest BCUT2D eigenvalue weighted by Gasteiger charge is 2.27. The number of carbonyl (C=O) groups is 1. The van der Waals surface area contributed by atoms with Crippen molar-refractivity contribution in [2.45, 2.75) is 23.8 Å². The number of aliphatic hydroxyl groups excluding tert-OH is 1. The number of β-amino-alcohol motifs (C(OH)–C–C–N with tert-alkyl or cyclic N) is 1. The Bertz CT molecular complexity index is 797. The molecule has 0 saturated carbocycles. The van der Waals surface area contributed by atoms with Crippen molar-refractivity contribution in [2.24, 2.45) is 5.92 Å². The Hall–Kier alpha value is -1.39. The number of halogens is 1. The molecule has 10 heteroatoms. The molecule has 2 aliphatic heterocycles. The number of amides is 1. The zero-order chi connectivity index (χ0) is 19.6. The number of nitrogens with zero attached hydrogens (tertiary/aromatic N) is 2. The van der Waals surface area contributed by atoms with Crippen LogP contribution < -0.4 is 15.5 Å². The van der Waals surface area contributed by atoms with E-state index in [0.717, 1.165) is 35.9 Å². The SMILES string of the molecule is CN(C)S(=O)(=O)c1ccc(N2CCCC2)c(C(=O)NCC2CNCC2O)c1.Cl. The fourth-order valence-corrected chi connectivity index (χ4v) is 4.48. The van der Waals surface area contributed by atoms with Crippen LogP contribution in [0.5, 0.6) is 0 Å². The molecule has 8 nitrogen and oxygen atoms in total. The van der Waals surface area contributed by atoms with Crippen LogP contribution in [0.15, 0.2) is 23.1 Å². The molecule has 1 amide bonds. The van der Waals surface area contributed by atoms with E-state index in [1.165, 1.54) is 20.2 Å². The van der Waals surface area contributed by atoms with Gasteiger partial charge in [-0.1, -0.05) is 0 Å². The van der Waals surface area contributed by atoms with Crippen LogP contribution in [0, 0.1) is 5.92 Å². The zero-order valence-corrected chi connectivity index (χ0v) is 17.9. The Kier molecular flexibility index (Phi) is 7.69. The minimum absolute atomic E-state index is 0. The van der Waals surface area contributed by atoms with Gasteiger partial charge in [-0.3, -0.25) is 4.79 Å². The molecule has 2 heterocycles. The van der Waals surface area contributed by atoms with Gasteiger partial charge in [0.1, 0.15) is 0 Å². The summed E-state index contributed by atoms with van der Waals surface area (Å²) in [4.78, 5) is 15.1. The van der Waals surface area contributed by atoms with Crippen LogP contribution in [0.25, 0.3) is 0 Å². The number of sulfonamides is 1. The van der Waals surface area contributed by atoms with Gasteiger partial charge in [0.05, 0.1) is 16.6 Å². The van der Waals surface area contributed by atoms with Gasteiger partial charge in [-0.2, -0.15) is 0 Å². The van der Waals surface area contributed by atoms with Crippen molar-refractivity contribution in [3.63, 3.8) is 0 Å². The molecular weight excluding hydrogens is 404 g/mol. The van der Waals surface area contributed by atoms with Gasteiger partial charge in [-0.05, 0) is 31.0 Å². The van der Waals surface area contributed by atoms with Gasteiger partial charge in [0.25, 0.3) is 5.91 Å². The van der Waals surface area contributed by atoms with Crippen molar-refractivity contribution in [1.82, 2.24) is 14.9 Å². The molecule has 158 valence electrons. The maximum atomic E-state index is 12.9. The van der Waals surface area contributed by atoms with Crippen LogP contribution in [0.3, 0.4) is 0 Å². The van der Waals surface area contributed by atoms with Gasteiger partial charge in [-0.15, -0.1) is 12.4 Å². The second kappa shape index (κ2) is 9.41. The van der Waals surface area contributed by atoms with Gasteiger partial charge >= 0.3 is 0 Å². The van der Waals surface area contributed by atoms with Crippen molar-refractivity contribution in [3.8, 4) is 0 Å². The molecule has 0 aliphatic carbocycles. The number of carbonyl (C=O) groups excluding carboxylic acids is 1. The zero-order valence-electron chi connectivity index (χ0n) is 16.2. The van der Waals surface area contributed by atoms with Crippen molar-refractivity contribution < 1.29 is 18.3 Å². The van der Waals surface area contributed by atoms with Crippen LogP contribution in [-0.4, -0.2) is 76.7 Å². The monoisotopic (exact) mass is 432 g/mol. The van der Waals surface area contributed by atoms with E-state index in [1.54, 1.807) is 12.1 Å². The van der Waals surface area contributed by atoms with E-state index in [-0.39, 0.29) is 29.1 Å². The van der Waals surface area contributed by atoms with Crippen molar-refractivity contribution in [2.75, 3.05) is 51.7 Å². The van der Waals surface area contributed by atoms with Gasteiger partial charge in [0, 0.05) is 58.4 Å². The fraction of sp³-hybridized carbons (Fsp3) is 0.611. The molecule has 2 fully saturated rings. The van der Waals surface area contributed by atoms with E-state index < -0.39 is 16.1 Å². The molecule has 1 aromatic rings. The fourth-order valence-electron chi connectivity index (χ4n) is 3.55. The van der Waals surface area contributed by atoms with Crippen LogP contribution in [0.2, 0.25) is 0 Å². The lowest BCUT2D eigenvalue weighted by molar-refractivity contribution is 0.0927. The van der Waals surface area contributed by atoms with Crippen LogP contribution in [-0.2, 0) is 10.0 Å². The third-order valence-electron chi connectivity index (χ3n) is 5.27. The molecule has 0 spiro atoms. The Morgan fingerprint density at radius 1 is 1.29 bits per heavy atom.